The topological polar surface area (TPSA) is 50.1 Å². The molecule has 2 aromatic heterocycles. The highest BCUT2D eigenvalue weighted by Gasteiger charge is 2.23. The standard InChI is InChI=1S/C21H23ClN4O2/c1-15-3-4-16(11-19(15)28-2)21(27)25-9-7-24(8-10-25)13-18-14-26-12-17(22)5-6-20(26)23-18/h3-6,11-12,14H,7-10,13H2,1-2H3. The van der Waals surface area contributed by atoms with Crippen molar-refractivity contribution in [3.63, 3.8) is 0 Å². The first kappa shape index (κ1) is 18.8. The Morgan fingerprint density at radius 3 is 2.68 bits per heavy atom. The number of aryl methyl sites for hydroxylation is 1. The summed E-state index contributed by atoms with van der Waals surface area (Å²) in [5.74, 6) is 0.803. The van der Waals surface area contributed by atoms with E-state index in [0.717, 1.165) is 42.3 Å². The van der Waals surface area contributed by atoms with Gasteiger partial charge in [0.05, 0.1) is 17.8 Å². The summed E-state index contributed by atoms with van der Waals surface area (Å²) in [6.07, 6.45) is 3.87. The number of aromatic nitrogens is 2. The van der Waals surface area contributed by atoms with E-state index in [4.69, 9.17) is 16.3 Å². The van der Waals surface area contributed by atoms with Gasteiger partial charge in [0.25, 0.3) is 5.91 Å². The van der Waals surface area contributed by atoms with Crippen molar-refractivity contribution in [3.05, 3.63) is 64.6 Å². The number of carbonyl (C=O) groups is 1. The number of imidazole rings is 1. The third-order valence-electron chi connectivity index (χ3n) is 5.16. The van der Waals surface area contributed by atoms with Crippen molar-refractivity contribution in [1.29, 1.82) is 0 Å². The van der Waals surface area contributed by atoms with Gasteiger partial charge in [-0.2, -0.15) is 0 Å². The number of fused-ring (bicyclic) bond motifs is 1. The molecule has 0 N–H and O–H groups in total. The molecule has 6 nitrogen and oxygen atoms in total. The summed E-state index contributed by atoms with van der Waals surface area (Å²) in [6, 6.07) is 9.38. The fraction of sp³-hybridized carbons (Fsp3) is 0.333. The van der Waals surface area contributed by atoms with Crippen molar-refractivity contribution in [1.82, 2.24) is 19.2 Å². The highest BCUT2D eigenvalue weighted by molar-refractivity contribution is 6.30. The van der Waals surface area contributed by atoms with Crippen LogP contribution in [0.2, 0.25) is 5.02 Å². The van der Waals surface area contributed by atoms with Crippen molar-refractivity contribution >= 4 is 23.2 Å². The molecule has 0 atom stereocenters. The monoisotopic (exact) mass is 398 g/mol. The Morgan fingerprint density at radius 2 is 1.93 bits per heavy atom. The number of amides is 1. The zero-order chi connectivity index (χ0) is 19.7. The van der Waals surface area contributed by atoms with E-state index in [1.54, 1.807) is 7.11 Å². The van der Waals surface area contributed by atoms with E-state index in [1.165, 1.54) is 0 Å². The molecule has 1 aromatic carbocycles. The quantitative estimate of drug-likeness (QED) is 0.676. The van der Waals surface area contributed by atoms with Crippen LogP contribution >= 0.6 is 11.6 Å². The molecule has 28 heavy (non-hydrogen) atoms. The van der Waals surface area contributed by atoms with E-state index in [9.17, 15) is 4.79 Å². The molecule has 146 valence electrons. The number of rotatable bonds is 4. The van der Waals surface area contributed by atoms with Crippen molar-refractivity contribution < 1.29 is 9.53 Å². The van der Waals surface area contributed by atoms with Crippen LogP contribution in [0.3, 0.4) is 0 Å². The van der Waals surface area contributed by atoms with Crippen LogP contribution in [0.5, 0.6) is 5.75 Å². The lowest BCUT2D eigenvalue weighted by molar-refractivity contribution is 0.0627. The second kappa shape index (κ2) is 7.81. The highest BCUT2D eigenvalue weighted by Crippen LogP contribution is 2.21. The first-order valence-electron chi connectivity index (χ1n) is 9.33. The lowest BCUT2D eigenvalue weighted by atomic mass is 10.1. The van der Waals surface area contributed by atoms with Crippen LogP contribution < -0.4 is 4.74 Å². The molecular weight excluding hydrogens is 376 g/mol. The number of benzene rings is 1. The Kier molecular flexibility index (Phi) is 5.24. The lowest BCUT2D eigenvalue weighted by Gasteiger charge is -2.34. The van der Waals surface area contributed by atoms with Crippen molar-refractivity contribution in [2.45, 2.75) is 13.5 Å². The minimum Gasteiger partial charge on any atom is -0.496 e. The predicted octanol–water partition coefficient (Wildman–Crippen LogP) is 3.26. The van der Waals surface area contributed by atoms with Gasteiger partial charge in [-0.1, -0.05) is 17.7 Å². The number of hydrogen-bond acceptors (Lipinski definition) is 4. The molecule has 0 aliphatic carbocycles. The van der Waals surface area contributed by atoms with E-state index in [2.05, 4.69) is 9.88 Å². The van der Waals surface area contributed by atoms with Gasteiger partial charge >= 0.3 is 0 Å². The number of nitrogens with zero attached hydrogens (tertiary/aromatic N) is 4. The molecule has 0 saturated carbocycles. The van der Waals surface area contributed by atoms with Gasteiger partial charge in [0.1, 0.15) is 11.4 Å². The van der Waals surface area contributed by atoms with Crippen molar-refractivity contribution in [2.75, 3.05) is 33.3 Å². The minimum atomic E-state index is 0.0559. The second-order valence-electron chi connectivity index (χ2n) is 7.10. The Balaban J connectivity index is 1.38. The SMILES string of the molecule is COc1cc(C(=O)N2CCN(Cc3cn4cc(Cl)ccc4n3)CC2)ccc1C. The molecule has 1 aliphatic rings. The summed E-state index contributed by atoms with van der Waals surface area (Å²) in [5.41, 5.74) is 3.59. The third kappa shape index (κ3) is 3.84. The Hall–Kier alpha value is -2.57. The van der Waals surface area contributed by atoms with Crippen molar-refractivity contribution in [2.24, 2.45) is 0 Å². The van der Waals surface area contributed by atoms with E-state index >= 15 is 0 Å². The average molecular weight is 399 g/mol. The van der Waals surface area contributed by atoms with E-state index in [0.29, 0.717) is 23.7 Å². The summed E-state index contributed by atoms with van der Waals surface area (Å²) < 4.78 is 7.29. The fourth-order valence-corrected chi connectivity index (χ4v) is 3.74. The zero-order valence-corrected chi connectivity index (χ0v) is 16.8. The lowest BCUT2D eigenvalue weighted by Crippen LogP contribution is -2.48. The first-order chi connectivity index (χ1) is 13.5. The third-order valence-corrected chi connectivity index (χ3v) is 5.39. The van der Waals surface area contributed by atoms with Crippen LogP contribution in [-0.2, 0) is 6.54 Å². The fourth-order valence-electron chi connectivity index (χ4n) is 3.57. The van der Waals surface area contributed by atoms with Crippen molar-refractivity contribution in [3.8, 4) is 5.75 Å². The molecule has 7 heteroatoms. The molecule has 1 amide bonds. The molecule has 0 unspecified atom stereocenters. The molecule has 3 heterocycles. The van der Waals surface area contributed by atoms with Crippen LogP contribution in [0.1, 0.15) is 21.6 Å². The first-order valence-corrected chi connectivity index (χ1v) is 9.71. The van der Waals surface area contributed by atoms with E-state index in [1.807, 2.05) is 58.9 Å². The molecule has 1 fully saturated rings. The molecule has 1 saturated heterocycles. The maximum Gasteiger partial charge on any atom is 0.254 e. The number of halogens is 1. The summed E-state index contributed by atoms with van der Waals surface area (Å²) in [5, 5.41) is 0.691. The molecule has 0 spiro atoms. The van der Waals surface area contributed by atoms with Crippen LogP contribution in [0, 0.1) is 6.92 Å². The number of ether oxygens (including phenoxy) is 1. The van der Waals surface area contributed by atoms with Gasteiger partial charge in [-0.3, -0.25) is 9.69 Å². The maximum atomic E-state index is 12.8. The summed E-state index contributed by atoms with van der Waals surface area (Å²) in [6.45, 7) is 5.79. The number of carbonyl (C=O) groups excluding carboxylic acids is 1. The number of pyridine rings is 1. The van der Waals surface area contributed by atoms with Gasteiger partial charge in [-0.05, 0) is 36.8 Å². The second-order valence-corrected chi connectivity index (χ2v) is 7.53. The molecule has 0 radical (unpaired) electrons. The van der Waals surface area contributed by atoms with E-state index in [-0.39, 0.29) is 5.91 Å². The highest BCUT2D eigenvalue weighted by atomic mass is 35.5. The predicted molar refractivity (Wildman–Crippen MR) is 109 cm³/mol. The van der Waals surface area contributed by atoms with Gasteiger partial charge in [-0.15, -0.1) is 0 Å². The zero-order valence-electron chi connectivity index (χ0n) is 16.1. The number of piperazine rings is 1. The van der Waals surface area contributed by atoms with Gasteiger partial charge in [0.15, 0.2) is 0 Å². The summed E-state index contributed by atoms with van der Waals surface area (Å²) >= 11 is 6.04. The molecule has 3 aromatic rings. The molecule has 1 aliphatic heterocycles. The smallest absolute Gasteiger partial charge is 0.254 e. The Labute approximate surface area is 169 Å². The summed E-state index contributed by atoms with van der Waals surface area (Å²) in [4.78, 5) is 21.7. The largest absolute Gasteiger partial charge is 0.496 e. The van der Waals surface area contributed by atoms with Gasteiger partial charge in [-0.25, -0.2) is 4.98 Å². The van der Waals surface area contributed by atoms with E-state index < -0.39 is 0 Å². The van der Waals surface area contributed by atoms with Crippen LogP contribution in [0.25, 0.3) is 5.65 Å². The number of hydrogen-bond donors (Lipinski definition) is 0. The Bertz CT molecular complexity index is 1010. The average Bonchev–Trinajstić information content (AvgIpc) is 3.09. The van der Waals surface area contributed by atoms with Gasteiger partial charge in [0, 0.05) is 50.7 Å². The normalized spacial score (nSPS) is 15.2. The minimum absolute atomic E-state index is 0.0559. The molecular formula is C21H23ClN4O2. The molecule has 4 rings (SSSR count). The summed E-state index contributed by atoms with van der Waals surface area (Å²) in [7, 11) is 1.63. The van der Waals surface area contributed by atoms with Crippen LogP contribution in [-0.4, -0.2) is 58.4 Å². The number of methoxy groups -OCH3 is 1. The maximum absolute atomic E-state index is 12.8. The van der Waals surface area contributed by atoms with Gasteiger partial charge < -0.3 is 14.0 Å². The van der Waals surface area contributed by atoms with Gasteiger partial charge in [0.2, 0.25) is 0 Å². The molecule has 0 bridgehead atoms. The van der Waals surface area contributed by atoms with Crippen LogP contribution in [0.4, 0.5) is 0 Å². The Morgan fingerprint density at radius 1 is 1.14 bits per heavy atom. The van der Waals surface area contributed by atoms with Crippen LogP contribution in [0.15, 0.2) is 42.7 Å².